The highest BCUT2D eigenvalue weighted by Crippen LogP contribution is 2.15. The van der Waals surface area contributed by atoms with Crippen molar-refractivity contribution >= 4 is 0 Å². The molecule has 72 valence electrons. The van der Waals surface area contributed by atoms with Crippen molar-refractivity contribution in [3.8, 4) is 0 Å². The molecule has 0 saturated heterocycles. The van der Waals surface area contributed by atoms with Crippen molar-refractivity contribution < 1.29 is 14.6 Å². The van der Waals surface area contributed by atoms with Crippen LogP contribution in [0.3, 0.4) is 0 Å². The van der Waals surface area contributed by atoms with Gasteiger partial charge < -0.3 is 14.6 Å². The highest BCUT2D eigenvalue weighted by atomic mass is 16.7. The van der Waals surface area contributed by atoms with Crippen molar-refractivity contribution in [3.05, 3.63) is 35.9 Å². The molecule has 0 heterocycles. The first-order valence-corrected chi connectivity index (χ1v) is 4.15. The Bertz CT molecular complexity index is 223. The van der Waals surface area contributed by atoms with Crippen molar-refractivity contribution in [2.45, 2.75) is 6.10 Å². The van der Waals surface area contributed by atoms with Gasteiger partial charge in [0.2, 0.25) is 0 Å². The summed E-state index contributed by atoms with van der Waals surface area (Å²) in [6.07, 6.45) is -0.291. The first kappa shape index (κ1) is 10.2. The van der Waals surface area contributed by atoms with Gasteiger partial charge in [0.05, 0.1) is 6.61 Å². The maximum atomic E-state index is 9.03. The van der Waals surface area contributed by atoms with Gasteiger partial charge in [-0.15, -0.1) is 0 Å². The molecule has 3 nitrogen and oxygen atoms in total. The van der Waals surface area contributed by atoms with Crippen LogP contribution in [0.15, 0.2) is 30.3 Å². The number of hydrogen-bond acceptors (Lipinski definition) is 3. The van der Waals surface area contributed by atoms with Gasteiger partial charge in [0.15, 0.2) is 0 Å². The molecule has 0 fully saturated rings. The predicted octanol–water partition coefficient (Wildman–Crippen LogP) is 1.34. The summed E-state index contributed by atoms with van der Waals surface area (Å²) < 4.78 is 10.0. The lowest BCUT2D eigenvalue weighted by molar-refractivity contribution is -0.0888. The molecule has 1 aromatic rings. The zero-order chi connectivity index (χ0) is 9.52. The van der Waals surface area contributed by atoms with E-state index in [0.717, 1.165) is 5.56 Å². The molecule has 0 spiro atoms. The third-order valence-corrected chi connectivity index (χ3v) is 1.72. The first-order chi connectivity index (χ1) is 6.38. The van der Waals surface area contributed by atoms with Crippen molar-refractivity contribution in [1.82, 2.24) is 0 Å². The van der Waals surface area contributed by atoms with Gasteiger partial charge in [-0.05, 0) is 5.56 Å². The molecule has 3 heteroatoms. The highest BCUT2D eigenvalue weighted by Gasteiger charge is 2.08. The summed E-state index contributed by atoms with van der Waals surface area (Å²) in [5, 5.41) is 9.03. The Morgan fingerprint density at radius 1 is 1.31 bits per heavy atom. The van der Waals surface area contributed by atoms with Gasteiger partial charge in [-0.1, -0.05) is 30.3 Å². The number of rotatable bonds is 5. The van der Waals surface area contributed by atoms with Crippen molar-refractivity contribution in [2.24, 2.45) is 0 Å². The molecule has 1 N–H and O–H groups in total. The molecule has 0 bridgehead atoms. The van der Waals surface area contributed by atoms with Gasteiger partial charge in [0.1, 0.15) is 12.9 Å². The number of aliphatic hydroxyl groups excluding tert-OH is 1. The van der Waals surface area contributed by atoms with E-state index in [2.05, 4.69) is 0 Å². The molecule has 0 radical (unpaired) electrons. The van der Waals surface area contributed by atoms with Crippen LogP contribution in [-0.4, -0.2) is 25.6 Å². The van der Waals surface area contributed by atoms with Gasteiger partial charge in [0, 0.05) is 7.11 Å². The monoisotopic (exact) mass is 182 g/mol. The molecular formula is C10H14O3. The molecule has 0 aliphatic rings. The van der Waals surface area contributed by atoms with Crippen LogP contribution in [0.4, 0.5) is 0 Å². The zero-order valence-corrected chi connectivity index (χ0v) is 7.64. The van der Waals surface area contributed by atoms with E-state index < -0.39 is 0 Å². The molecule has 0 aliphatic heterocycles. The van der Waals surface area contributed by atoms with Crippen LogP contribution in [0.2, 0.25) is 0 Å². The minimum absolute atomic E-state index is 0.0344. The van der Waals surface area contributed by atoms with Crippen LogP contribution in [0.1, 0.15) is 11.7 Å². The Labute approximate surface area is 77.9 Å². The van der Waals surface area contributed by atoms with Gasteiger partial charge >= 0.3 is 0 Å². The van der Waals surface area contributed by atoms with Gasteiger partial charge in [0.25, 0.3) is 0 Å². The van der Waals surface area contributed by atoms with Crippen LogP contribution in [0.25, 0.3) is 0 Å². The van der Waals surface area contributed by atoms with E-state index in [4.69, 9.17) is 14.6 Å². The van der Waals surface area contributed by atoms with E-state index in [-0.39, 0.29) is 19.5 Å². The summed E-state index contributed by atoms with van der Waals surface area (Å²) in [4.78, 5) is 0. The third kappa shape index (κ3) is 3.14. The van der Waals surface area contributed by atoms with Crippen LogP contribution >= 0.6 is 0 Å². The third-order valence-electron chi connectivity index (χ3n) is 1.72. The van der Waals surface area contributed by atoms with Crippen molar-refractivity contribution in [1.29, 1.82) is 0 Å². The average Bonchev–Trinajstić information content (AvgIpc) is 2.21. The number of hydrogen-bond donors (Lipinski definition) is 1. The number of methoxy groups -OCH3 is 1. The second-order valence-electron chi connectivity index (χ2n) is 2.66. The largest absolute Gasteiger partial charge is 0.393 e. The molecule has 1 aromatic carbocycles. The highest BCUT2D eigenvalue weighted by molar-refractivity contribution is 5.17. The summed E-state index contributed by atoms with van der Waals surface area (Å²) >= 11 is 0. The average molecular weight is 182 g/mol. The van der Waals surface area contributed by atoms with E-state index in [1.807, 2.05) is 30.3 Å². The normalized spacial score (nSPS) is 12.8. The van der Waals surface area contributed by atoms with Crippen LogP contribution in [0, 0.1) is 0 Å². The quantitative estimate of drug-likeness (QED) is 0.698. The topological polar surface area (TPSA) is 38.7 Å². The van der Waals surface area contributed by atoms with Crippen LogP contribution < -0.4 is 0 Å². The summed E-state index contributed by atoms with van der Waals surface area (Å²) in [5.41, 5.74) is 0.960. The minimum atomic E-state index is -0.291. The molecule has 0 unspecified atom stereocenters. The predicted molar refractivity (Wildman–Crippen MR) is 49.2 cm³/mol. The van der Waals surface area contributed by atoms with E-state index in [1.165, 1.54) is 0 Å². The maximum absolute atomic E-state index is 9.03. The summed E-state index contributed by atoms with van der Waals surface area (Å²) in [6.45, 7) is 0.160. The molecule has 0 saturated carbocycles. The molecule has 1 atom stereocenters. The lowest BCUT2D eigenvalue weighted by Gasteiger charge is -2.14. The molecule has 1 rings (SSSR count). The Morgan fingerprint density at radius 3 is 2.54 bits per heavy atom. The standard InChI is InChI=1S/C10H14O3/c1-12-8-13-10(7-11)9-5-3-2-4-6-9/h2-6,10-11H,7-8H2,1H3/t10-/m0/s1. The molecule has 0 aromatic heterocycles. The summed E-state index contributed by atoms with van der Waals surface area (Å²) in [7, 11) is 1.55. The summed E-state index contributed by atoms with van der Waals surface area (Å²) in [6, 6.07) is 9.57. The Hall–Kier alpha value is -0.900. The Morgan fingerprint density at radius 2 is 2.00 bits per heavy atom. The van der Waals surface area contributed by atoms with Gasteiger partial charge in [-0.3, -0.25) is 0 Å². The molecule has 0 amide bonds. The second kappa shape index (κ2) is 5.70. The molecule has 13 heavy (non-hydrogen) atoms. The first-order valence-electron chi connectivity index (χ1n) is 4.15. The fraction of sp³-hybridized carbons (Fsp3) is 0.400. The Balaban J connectivity index is 2.56. The van der Waals surface area contributed by atoms with Crippen LogP contribution in [0.5, 0.6) is 0 Å². The zero-order valence-electron chi connectivity index (χ0n) is 7.64. The number of ether oxygens (including phenoxy) is 2. The second-order valence-corrected chi connectivity index (χ2v) is 2.66. The smallest absolute Gasteiger partial charge is 0.147 e. The molecule has 0 aliphatic carbocycles. The number of benzene rings is 1. The fourth-order valence-electron chi connectivity index (χ4n) is 1.07. The lowest BCUT2D eigenvalue weighted by atomic mass is 10.1. The SMILES string of the molecule is COCO[C@@H](CO)c1ccccc1. The van der Waals surface area contributed by atoms with Gasteiger partial charge in [-0.2, -0.15) is 0 Å². The Kier molecular flexibility index (Phi) is 4.46. The van der Waals surface area contributed by atoms with E-state index in [1.54, 1.807) is 7.11 Å². The van der Waals surface area contributed by atoms with E-state index in [9.17, 15) is 0 Å². The minimum Gasteiger partial charge on any atom is -0.393 e. The number of aliphatic hydroxyl groups is 1. The van der Waals surface area contributed by atoms with Crippen LogP contribution in [-0.2, 0) is 9.47 Å². The lowest BCUT2D eigenvalue weighted by Crippen LogP contribution is -2.10. The summed E-state index contributed by atoms with van der Waals surface area (Å²) in [5.74, 6) is 0. The van der Waals surface area contributed by atoms with E-state index in [0.29, 0.717) is 0 Å². The van der Waals surface area contributed by atoms with E-state index >= 15 is 0 Å². The maximum Gasteiger partial charge on any atom is 0.147 e. The van der Waals surface area contributed by atoms with Crippen molar-refractivity contribution in [2.75, 3.05) is 20.5 Å². The fourth-order valence-corrected chi connectivity index (χ4v) is 1.07. The van der Waals surface area contributed by atoms with Crippen molar-refractivity contribution in [3.63, 3.8) is 0 Å². The molecular weight excluding hydrogens is 168 g/mol. The van der Waals surface area contributed by atoms with Gasteiger partial charge in [-0.25, -0.2) is 0 Å².